The second-order valence-electron chi connectivity index (χ2n) is 5.59. The monoisotopic (exact) mass is 396 g/mol. The van der Waals surface area contributed by atoms with Crippen molar-refractivity contribution in [3.8, 4) is 10.7 Å². The fourth-order valence-electron chi connectivity index (χ4n) is 2.59. The molecular weight excluding hydrogens is 376 g/mol. The molecule has 10 heteroatoms. The molecule has 0 spiro atoms. The number of imide groups is 1. The Morgan fingerprint density at radius 1 is 1.50 bits per heavy atom. The summed E-state index contributed by atoms with van der Waals surface area (Å²) < 4.78 is 12.4. The Labute approximate surface area is 159 Å². The molecule has 1 saturated heterocycles. The Bertz CT molecular complexity index is 742. The Kier molecular flexibility index (Phi) is 6.64. The largest absolute Gasteiger partial charge is 0.450 e. The molecule has 26 heavy (non-hydrogen) atoms. The lowest BCUT2D eigenvalue weighted by molar-refractivity contribution is -0.117. The number of nitrogens with zero attached hydrogens (tertiary/aromatic N) is 3. The molecule has 2 aromatic heterocycles. The average molecular weight is 396 g/mol. The van der Waals surface area contributed by atoms with Gasteiger partial charge in [-0.15, -0.1) is 21.5 Å². The van der Waals surface area contributed by atoms with E-state index in [4.69, 9.17) is 9.47 Å². The molecule has 3 rings (SSSR count). The molecule has 1 unspecified atom stereocenters. The minimum Gasteiger partial charge on any atom is -0.450 e. The van der Waals surface area contributed by atoms with E-state index in [1.807, 2.05) is 22.1 Å². The topological polar surface area (TPSA) is 95.3 Å². The summed E-state index contributed by atoms with van der Waals surface area (Å²) in [6.07, 6.45) is 1.43. The van der Waals surface area contributed by atoms with Gasteiger partial charge in [0.05, 0.1) is 29.9 Å². The molecule has 1 fully saturated rings. The maximum atomic E-state index is 11.9. The summed E-state index contributed by atoms with van der Waals surface area (Å²) in [5.41, 5.74) is 0. The molecule has 2 aromatic rings. The van der Waals surface area contributed by atoms with Crippen molar-refractivity contribution in [2.45, 2.75) is 37.6 Å². The molecule has 0 saturated carbocycles. The van der Waals surface area contributed by atoms with E-state index >= 15 is 0 Å². The molecule has 3 heterocycles. The Morgan fingerprint density at radius 2 is 2.38 bits per heavy atom. The van der Waals surface area contributed by atoms with Crippen molar-refractivity contribution >= 4 is 35.1 Å². The number of thioether (sulfide) groups is 1. The summed E-state index contributed by atoms with van der Waals surface area (Å²) in [7, 11) is 0. The van der Waals surface area contributed by atoms with E-state index in [0.717, 1.165) is 30.2 Å². The van der Waals surface area contributed by atoms with Gasteiger partial charge in [-0.1, -0.05) is 17.8 Å². The van der Waals surface area contributed by atoms with Gasteiger partial charge in [-0.05, 0) is 31.2 Å². The van der Waals surface area contributed by atoms with E-state index < -0.39 is 12.0 Å². The first-order valence-electron chi connectivity index (χ1n) is 8.35. The number of carbonyl (C=O) groups is 2. The van der Waals surface area contributed by atoms with E-state index in [0.29, 0.717) is 11.7 Å². The van der Waals surface area contributed by atoms with Gasteiger partial charge in [0, 0.05) is 6.61 Å². The van der Waals surface area contributed by atoms with Crippen molar-refractivity contribution < 1.29 is 19.1 Å². The highest BCUT2D eigenvalue weighted by molar-refractivity contribution is 7.99. The highest BCUT2D eigenvalue weighted by Gasteiger charge is 2.22. The van der Waals surface area contributed by atoms with E-state index in [2.05, 4.69) is 15.5 Å². The third-order valence-corrected chi connectivity index (χ3v) is 5.55. The number of carbonyl (C=O) groups excluding carboxylic acids is 2. The smallest absolute Gasteiger partial charge is 0.413 e. The van der Waals surface area contributed by atoms with Crippen LogP contribution < -0.4 is 5.32 Å². The summed E-state index contributed by atoms with van der Waals surface area (Å²) in [6, 6.07) is 3.95. The number of amides is 2. The highest BCUT2D eigenvalue weighted by Crippen LogP contribution is 2.28. The third-order valence-electron chi connectivity index (χ3n) is 3.72. The summed E-state index contributed by atoms with van der Waals surface area (Å²) in [6.45, 7) is 3.30. The van der Waals surface area contributed by atoms with Crippen molar-refractivity contribution in [3.63, 3.8) is 0 Å². The molecule has 2 amide bonds. The van der Waals surface area contributed by atoms with E-state index in [-0.39, 0.29) is 18.5 Å². The van der Waals surface area contributed by atoms with Gasteiger partial charge >= 0.3 is 6.09 Å². The lowest BCUT2D eigenvalue weighted by Gasteiger charge is -2.14. The van der Waals surface area contributed by atoms with Crippen LogP contribution in [0.5, 0.6) is 0 Å². The van der Waals surface area contributed by atoms with E-state index in [9.17, 15) is 9.59 Å². The van der Waals surface area contributed by atoms with Crippen molar-refractivity contribution in [3.05, 3.63) is 17.5 Å². The molecule has 1 aliphatic rings. The average Bonchev–Trinajstić information content (AvgIpc) is 3.36. The lowest BCUT2D eigenvalue weighted by Crippen LogP contribution is -2.32. The maximum absolute atomic E-state index is 11.9. The summed E-state index contributed by atoms with van der Waals surface area (Å²) >= 11 is 2.82. The number of thiophene rings is 1. The van der Waals surface area contributed by atoms with Crippen LogP contribution in [0.25, 0.3) is 10.7 Å². The van der Waals surface area contributed by atoms with Crippen LogP contribution in [0.4, 0.5) is 4.79 Å². The van der Waals surface area contributed by atoms with Crippen LogP contribution in [-0.2, 0) is 20.8 Å². The molecule has 1 atom stereocenters. The SMILES string of the molecule is CCOC(=O)NC(=O)CSc1nnc(-c2cccs2)n1CC1CCCO1. The number of hydrogen-bond acceptors (Lipinski definition) is 8. The molecule has 0 aromatic carbocycles. The van der Waals surface area contributed by atoms with E-state index in [1.54, 1.807) is 18.3 Å². The second-order valence-corrected chi connectivity index (χ2v) is 7.48. The normalized spacial score (nSPS) is 16.6. The lowest BCUT2D eigenvalue weighted by atomic mass is 10.2. The van der Waals surface area contributed by atoms with Crippen LogP contribution in [-0.4, -0.2) is 51.8 Å². The molecule has 0 radical (unpaired) electrons. The standard InChI is InChI=1S/C16H20N4O4S2/c1-2-23-16(22)17-13(21)10-26-15-19-18-14(12-6-4-8-25-12)20(15)9-11-5-3-7-24-11/h4,6,8,11H,2-3,5,7,9-10H2,1H3,(H,17,21,22). The van der Waals surface area contributed by atoms with E-state index in [1.165, 1.54) is 11.8 Å². The molecule has 8 nitrogen and oxygen atoms in total. The minimum atomic E-state index is -0.738. The zero-order valence-corrected chi connectivity index (χ0v) is 16.0. The Morgan fingerprint density at radius 3 is 3.08 bits per heavy atom. The number of ether oxygens (including phenoxy) is 2. The molecular formula is C16H20N4O4S2. The minimum absolute atomic E-state index is 0.0485. The summed E-state index contributed by atoms with van der Waals surface area (Å²) in [5, 5.41) is 13.3. The predicted molar refractivity (Wildman–Crippen MR) is 98.2 cm³/mol. The fourth-order valence-corrected chi connectivity index (χ4v) is 4.05. The van der Waals surface area contributed by atoms with Gasteiger partial charge in [0.1, 0.15) is 0 Å². The molecule has 1 N–H and O–H groups in total. The number of rotatable bonds is 7. The van der Waals surface area contributed by atoms with Crippen molar-refractivity contribution in [1.29, 1.82) is 0 Å². The van der Waals surface area contributed by atoms with Gasteiger partial charge in [0.2, 0.25) is 5.91 Å². The fraction of sp³-hybridized carbons (Fsp3) is 0.500. The first kappa shape index (κ1) is 18.9. The van der Waals surface area contributed by atoms with Gasteiger partial charge < -0.3 is 9.47 Å². The van der Waals surface area contributed by atoms with Crippen LogP contribution in [0.1, 0.15) is 19.8 Å². The third kappa shape index (κ3) is 4.83. The molecule has 0 bridgehead atoms. The first-order valence-corrected chi connectivity index (χ1v) is 10.2. The van der Waals surface area contributed by atoms with Crippen LogP contribution in [0.15, 0.2) is 22.7 Å². The Balaban J connectivity index is 1.69. The molecule has 1 aliphatic heterocycles. The first-order chi connectivity index (χ1) is 12.7. The second kappa shape index (κ2) is 9.15. The zero-order chi connectivity index (χ0) is 18.4. The van der Waals surface area contributed by atoms with Gasteiger partial charge in [-0.25, -0.2) is 4.79 Å². The quantitative estimate of drug-likeness (QED) is 0.719. The summed E-state index contributed by atoms with van der Waals surface area (Å²) in [5.74, 6) is 0.383. The summed E-state index contributed by atoms with van der Waals surface area (Å²) in [4.78, 5) is 24.2. The molecule has 140 valence electrons. The van der Waals surface area contributed by atoms with Crippen molar-refractivity contribution in [2.75, 3.05) is 19.0 Å². The number of alkyl carbamates (subject to hydrolysis) is 1. The van der Waals surface area contributed by atoms with Crippen molar-refractivity contribution in [1.82, 2.24) is 20.1 Å². The predicted octanol–water partition coefficient (Wildman–Crippen LogP) is 2.55. The van der Waals surface area contributed by atoms with Gasteiger partial charge in [0.25, 0.3) is 0 Å². The number of hydrogen-bond donors (Lipinski definition) is 1. The maximum Gasteiger partial charge on any atom is 0.413 e. The van der Waals surface area contributed by atoms with Crippen LogP contribution >= 0.6 is 23.1 Å². The van der Waals surface area contributed by atoms with Crippen LogP contribution in [0, 0.1) is 0 Å². The van der Waals surface area contributed by atoms with Gasteiger partial charge in [-0.3, -0.25) is 14.7 Å². The van der Waals surface area contributed by atoms with Crippen LogP contribution in [0.2, 0.25) is 0 Å². The van der Waals surface area contributed by atoms with Crippen molar-refractivity contribution in [2.24, 2.45) is 0 Å². The molecule has 0 aliphatic carbocycles. The number of aromatic nitrogens is 3. The van der Waals surface area contributed by atoms with Crippen LogP contribution in [0.3, 0.4) is 0 Å². The highest BCUT2D eigenvalue weighted by atomic mass is 32.2. The number of nitrogens with one attached hydrogen (secondary N) is 1. The zero-order valence-electron chi connectivity index (χ0n) is 14.3. The van der Waals surface area contributed by atoms with Gasteiger partial charge in [0.15, 0.2) is 11.0 Å². The Hall–Kier alpha value is -1.91. The van der Waals surface area contributed by atoms with Gasteiger partial charge in [-0.2, -0.15) is 0 Å².